The fourth-order valence-corrected chi connectivity index (χ4v) is 8.92. The third kappa shape index (κ3) is 12.1. The SMILES string of the molecule is BOc1ccc(C(c2ccc(O)c(NC(C)=O)c2)(C(F)(F)F)C(F)(F)F)cc1NC(=O)c1cccc(C(=O)Nc2cc(C(c3ccc(OB)c(NC(=O)c4ccc(Oc5ccc(C(C)=O)cc5)cc4)c3)(C(F)(F)F)C(F)(F)F)ccc2O)c1. The van der Waals surface area contributed by atoms with E-state index in [0.717, 1.165) is 53.4 Å². The molecule has 6 N–H and O–H groups in total. The number of alkyl halides is 12. The van der Waals surface area contributed by atoms with Crippen molar-refractivity contribution in [3.63, 3.8) is 0 Å². The number of rotatable bonds is 16. The number of Topliss-reactive ketones (excluding diaryl/α,β-unsaturated/α-hetero) is 1. The molecule has 0 radical (unpaired) electrons. The number of ketones is 1. The van der Waals surface area contributed by atoms with Crippen molar-refractivity contribution in [2.75, 3.05) is 21.3 Å². The first-order valence-electron chi connectivity index (χ1n) is 23.8. The van der Waals surface area contributed by atoms with E-state index in [9.17, 15) is 34.2 Å². The predicted octanol–water partition coefficient (Wildman–Crippen LogP) is 11.5. The summed E-state index contributed by atoms with van der Waals surface area (Å²) in [6.07, 6.45) is -25.0. The molecule has 0 bridgehead atoms. The zero-order valence-electron chi connectivity index (χ0n) is 43.1. The van der Waals surface area contributed by atoms with E-state index in [1.807, 2.05) is 10.6 Å². The minimum Gasteiger partial charge on any atom is -0.566 e. The smallest absolute Gasteiger partial charge is 0.411 e. The molecule has 14 nitrogen and oxygen atoms in total. The highest BCUT2D eigenvalue weighted by Gasteiger charge is 2.74. The predicted molar refractivity (Wildman–Crippen MR) is 281 cm³/mol. The molecular weight excluding hydrogens is 1130 g/mol. The normalized spacial score (nSPS) is 12.2. The number of phenolic OH excluding ortho intramolecular Hbond substituents is 2. The molecule has 0 aliphatic rings. The van der Waals surface area contributed by atoms with Gasteiger partial charge in [-0.1, -0.05) is 30.3 Å². The van der Waals surface area contributed by atoms with Gasteiger partial charge in [0.25, 0.3) is 17.7 Å². The van der Waals surface area contributed by atoms with Crippen LogP contribution in [0.15, 0.2) is 146 Å². The standard InChI is InChI=1S/C55H40B2F12N4O10/c1-27(74)29-6-14-37(15-7-29)81-38-16-8-30(9-17-38)47(78)72-41-25-35(12-20-45(41)82-56)51(54(64,65)66,55(67,68)69)34-11-19-44(77)40(24-34)71-48(79)31-4-3-5-32(22-31)49(80)73-42-26-36(13-21-46(42)83-57)50(52(58,59)60,53(61,62)63)33-10-18-43(76)39(23-33)70-28(2)75/h3-26,76-77H,56-57H2,1-2H3,(H,70,75)(H,71,79)(H,72,78)(H,73,80). The van der Waals surface area contributed by atoms with Crippen LogP contribution in [0, 0.1) is 0 Å². The summed E-state index contributed by atoms with van der Waals surface area (Å²) in [5, 5.41) is 29.2. The summed E-state index contributed by atoms with van der Waals surface area (Å²) >= 11 is 0. The van der Waals surface area contributed by atoms with Gasteiger partial charge in [0.15, 0.2) is 5.78 Å². The van der Waals surface area contributed by atoms with Gasteiger partial charge in [-0.25, -0.2) is 0 Å². The maximum atomic E-state index is 15.6. The Balaban J connectivity index is 1.18. The molecule has 0 spiro atoms. The Morgan fingerprint density at radius 2 is 0.723 bits per heavy atom. The summed E-state index contributed by atoms with van der Waals surface area (Å²) < 4.78 is 200. The summed E-state index contributed by atoms with van der Waals surface area (Å²) in [4.78, 5) is 64.3. The van der Waals surface area contributed by atoms with Crippen LogP contribution >= 0.6 is 0 Å². The molecule has 7 aromatic carbocycles. The van der Waals surface area contributed by atoms with Crippen molar-refractivity contribution in [1.82, 2.24) is 0 Å². The highest BCUT2D eigenvalue weighted by Crippen LogP contribution is 2.59. The lowest BCUT2D eigenvalue weighted by Crippen LogP contribution is -2.54. The highest BCUT2D eigenvalue weighted by atomic mass is 19.4. The second-order valence-corrected chi connectivity index (χ2v) is 18.1. The first kappa shape index (κ1) is 61.0. The molecule has 0 aromatic heterocycles. The van der Waals surface area contributed by atoms with Crippen molar-refractivity contribution >= 4 is 68.3 Å². The highest BCUT2D eigenvalue weighted by molar-refractivity contribution is 6.10. The topological polar surface area (TPSA) is 202 Å². The van der Waals surface area contributed by atoms with Crippen LogP contribution in [-0.2, 0) is 15.6 Å². The Morgan fingerprint density at radius 3 is 1.07 bits per heavy atom. The largest absolute Gasteiger partial charge is 0.566 e. The van der Waals surface area contributed by atoms with Crippen molar-refractivity contribution < 1.29 is 101 Å². The fourth-order valence-electron chi connectivity index (χ4n) is 8.92. The molecule has 7 rings (SSSR count). The molecule has 0 fully saturated rings. The van der Waals surface area contributed by atoms with Crippen LogP contribution in [0.4, 0.5) is 75.4 Å². The second-order valence-electron chi connectivity index (χ2n) is 18.1. The summed E-state index contributed by atoms with van der Waals surface area (Å²) in [5.74, 6) is -7.21. The summed E-state index contributed by atoms with van der Waals surface area (Å²) in [7, 11) is 1.97. The molecule has 28 heteroatoms. The van der Waals surface area contributed by atoms with Crippen LogP contribution in [0.3, 0.4) is 0 Å². The lowest BCUT2D eigenvalue weighted by molar-refractivity contribution is -0.290. The number of carbonyl (C=O) groups excluding carboxylic acids is 5. The second kappa shape index (κ2) is 23.1. The number of phenols is 2. The molecule has 0 heterocycles. The average molecular weight is 1170 g/mol. The third-order valence-electron chi connectivity index (χ3n) is 12.9. The van der Waals surface area contributed by atoms with Crippen molar-refractivity contribution in [3.8, 4) is 34.5 Å². The Labute approximate surface area is 463 Å². The number of halogens is 12. The molecule has 0 atom stereocenters. The van der Waals surface area contributed by atoms with E-state index >= 15 is 52.7 Å². The Bertz CT molecular complexity index is 3620. The van der Waals surface area contributed by atoms with Gasteiger partial charge in [-0.3, -0.25) is 24.0 Å². The zero-order chi connectivity index (χ0) is 61.2. The lowest BCUT2D eigenvalue weighted by Gasteiger charge is -2.38. The monoisotopic (exact) mass is 1170 g/mol. The van der Waals surface area contributed by atoms with Gasteiger partial charge >= 0.3 is 40.8 Å². The van der Waals surface area contributed by atoms with Crippen molar-refractivity contribution in [2.45, 2.75) is 49.4 Å². The van der Waals surface area contributed by atoms with Gasteiger partial charge in [-0.2, -0.15) is 52.7 Å². The van der Waals surface area contributed by atoms with Crippen LogP contribution in [0.25, 0.3) is 0 Å². The first-order chi connectivity index (χ1) is 38.8. The van der Waals surface area contributed by atoms with Gasteiger partial charge < -0.3 is 45.5 Å². The van der Waals surface area contributed by atoms with Crippen molar-refractivity contribution in [3.05, 3.63) is 190 Å². The van der Waals surface area contributed by atoms with Crippen LogP contribution in [0.5, 0.6) is 34.5 Å². The Morgan fingerprint density at radius 1 is 0.398 bits per heavy atom. The number of carbonyl (C=O) groups is 5. The summed E-state index contributed by atoms with van der Waals surface area (Å²) in [6.45, 7) is 2.24. The minimum absolute atomic E-state index is 0.140. The van der Waals surface area contributed by atoms with Gasteiger partial charge in [0, 0.05) is 29.2 Å². The van der Waals surface area contributed by atoms with E-state index in [1.165, 1.54) is 55.5 Å². The van der Waals surface area contributed by atoms with Gasteiger partial charge in [-0.05, 0) is 144 Å². The van der Waals surface area contributed by atoms with Crippen LogP contribution < -0.4 is 35.3 Å². The third-order valence-corrected chi connectivity index (χ3v) is 12.9. The molecule has 0 saturated carbocycles. The minimum atomic E-state index is -6.28. The number of amides is 4. The van der Waals surface area contributed by atoms with Crippen molar-refractivity contribution in [1.29, 1.82) is 0 Å². The van der Waals surface area contributed by atoms with E-state index in [4.69, 9.17) is 14.0 Å². The quantitative estimate of drug-likeness (QED) is 0.0234. The van der Waals surface area contributed by atoms with E-state index in [0.29, 0.717) is 53.8 Å². The number of ether oxygens (including phenoxy) is 1. The lowest BCUT2D eigenvalue weighted by atomic mass is 9.72. The molecular formula is C55H40B2F12N4O10. The molecule has 7 aromatic rings. The number of benzene rings is 7. The van der Waals surface area contributed by atoms with Crippen LogP contribution in [0.1, 0.15) is 77.5 Å². The van der Waals surface area contributed by atoms with Crippen molar-refractivity contribution in [2.24, 2.45) is 0 Å². The summed E-state index contributed by atoms with van der Waals surface area (Å²) in [6, 6.07) is 19.8. The summed E-state index contributed by atoms with van der Waals surface area (Å²) in [5.41, 5.74) is -20.3. The maximum Gasteiger partial charge on any atom is 0.411 e. The zero-order valence-corrected chi connectivity index (χ0v) is 43.1. The first-order valence-corrected chi connectivity index (χ1v) is 23.8. The fraction of sp³-hybridized carbons (Fsp3) is 0.145. The van der Waals surface area contributed by atoms with Gasteiger partial charge in [0.1, 0.15) is 34.5 Å². The Kier molecular flexibility index (Phi) is 17.0. The van der Waals surface area contributed by atoms with Gasteiger partial charge in [0.2, 0.25) is 16.7 Å². The maximum absolute atomic E-state index is 15.6. The number of nitrogens with one attached hydrogen (secondary N) is 4. The van der Waals surface area contributed by atoms with Crippen LogP contribution in [0.2, 0.25) is 0 Å². The number of hydrogen-bond donors (Lipinski definition) is 6. The van der Waals surface area contributed by atoms with E-state index < -0.39 is 133 Å². The molecule has 0 unspecified atom stereocenters. The van der Waals surface area contributed by atoms with E-state index in [2.05, 4.69) is 10.6 Å². The molecule has 0 aliphatic heterocycles. The number of aromatic hydroxyl groups is 2. The number of anilines is 4. The van der Waals surface area contributed by atoms with Gasteiger partial charge in [0.05, 0.1) is 22.7 Å². The van der Waals surface area contributed by atoms with Gasteiger partial charge in [-0.15, -0.1) is 0 Å². The van der Waals surface area contributed by atoms with E-state index in [1.54, 1.807) is 0 Å². The molecule has 0 aliphatic carbocycles. The molecule has 83 heavy (non-hydrogen) atoms. The molecule has 0 saturated heterocycles. The molecule has 430 valence electrons. The van der Waals surface area contributed by atoms with Crippen LogP contribution in [-0.4, -0.2) is 80.4 Å². The van der Waals surface area contributed by atoms with E-state index in [-0.39, 0.29) is 47.1 Å². The molecule has 4 amide bonds. The Hall–Kier alpha value is -9.62. The average Bonchev–Trinajstić information content (AvgIpc) is 1.94. The number of hydrogen-bond acceptors (Lipinski definition) is 10.